The number of halogens is 2. The molecular formula is C16H14Cl2O6. The maximum absolute atomic E-state index is 12.3. The fraction of sp³-hybridized carbons (Fsp3) is 0.312. The molecule has 24 heavy (non-hydrogen) atoms. The summed E-state index contributed by atoms with van der Waals surface area (Å²) in [7, 11) is 0. The Balaban J connectivity index is 2.15. The lowest BCUT2D eigenvalue weighted by Crippen LogP contribution is -2.38. The van der Waals surface area contributed by atoms with Crippen molar-refractivity contribution in [1.82, 2.24) is 0 Å². The first kappa shape index (κ1) is 18.3. The fourth-order valence-electron chi connectivity index (χ4n) is 2.05. The van der Waals surface area contributed by atoms with Gasteiger partial charge in [0, 0.05) is 0 Å². The van der Waals surface area contributed by atoms with Gasteiger partial charge < -0.3 is 14.2 Å². The average molecular weight is 373 g/mol. The van der Waals surface area contributed by atoms with Crippen molar-refractivity contribution in [2.75, 3.05) is 6.61 Å². The van der Waals surface area contributed by atoms with Crippen LogP contribution < -0.4 is 0 Å². The van der Waals surface area contributed by atoms with Crippen LogP contribution >= 0.6 is 23.2 Å². The fourth-order valence-corrected chi connectivity index (χ4v) is 2.45. The number of hydrogen-bond donors (Lipinski definition) is 0. The van der Waals surface area contributed by atoms with Gasteiger partial charge in [0.25, 0.3) is 0 Å². The minimum atomic E-state index is -1.54. The van der Waals surface area contributed by atoms with Crippen LogP contribution in [0.15, 0.2) is 40.4 Å². The molecule has 6 nitrogen and oxygen atoms in total. The Morgan fingerprint density at radius 3 is 2.33 bits per heavy atom. The highest BCUT2D eigenvalue weighted by Gasteiger charge is 2.47. The lowest BCUT2D eigenvalue weighted by atomic mass is 10.0. The zero-order chi connectivity index (χ0) is 17.7. The molecule has 0 aliphatic carbocycles. The van der Waals surface area contributed by atoms with E-state index in [-0.39, 0.29) is 23.3 Å². The topological polar surface area (TPSA) is 78.9 Å². The predicted octanol–water partition coefficient (Wildman–Crippen LogP) is 2.52. The van der Waals surface area contributed by atoms with Crippen LogP contribution in [0, 0.1) is 5.92 Å². The molecule has 0 aromatic heterocycles. The number of ether oxygens (including phenoxy) is 3. The van der Waals surface area contributed by atoms with E-state index in [0.29, 0.717) is 0 Å². The third-order valence-corrected chi connectivity index (χ3v) is 4.05. The standard InChI is InChI=1S/C16H14Cl2O6/c1-2-22-14(19)10(13-11(17)12(18)16(21)24-13)15(20)23-8-9-6-4-3-5-7-9/h3-7,10,13H,2,8H2,1H3. The van der Waals surface area contributed by atoms with Gasteiger partial charge in [-0.1, -0.05) is 53.5 Å². The molecule has 128 valence electrons. The molecule has 1 aromatic rings. The van der Waals surface area contributed by atoms with Gasteiger partial charge in [0.15, 0.2) is 12.0 Å². The van der Waals surface area contributed by atoms with Crippen molar-refractivity contribution >= 4 is 41.1 Å². The van der Waals surface area contributed by atoms with E-state index in [2.05, 4.69) is 0 Å². The van der Waals surface area contributed by atoms with Crippen LogP contribution in [0.2, 0.25) is 0 Å². The molecule has 0 radical (unpaired) electrons. The minimum absolute atomic E-state index is 0.0387. The summed E-state index contributed by atoms with van der Waals surface area (Å²) in [6.07, 6.45) is -1.35. The highest BCUT2D eigenvalue weighted by Crippen LogP contribution is 2.34. The van der Waals surface area contributed by atoms with Gasteiger partial charge in [-0.25, -0.2) is 4.79 Å². The smallest absolute Gasteiger partial charge is 0.351 e. The summed E-state index contributed by atoms with van der Waals surface area (Å²) >= 11 is 11.6. The quantitative estimate of drug-likeness (QED) is 0.433. The summed E-state index contributed by atoms with van der Waals surface area (Å²) in [4.78, 5) is 35.9. The molecule has 0 amide bonds. The normalized spacial score (nSPS) is 18.1. The molecule has 0 bridgehead atoms. The lowest BCUT2D eigenvalue weighted by Gasteiger charge is -2.20. The average Bonchev–Trinajstić information content (AvgIpc) is 2.82. The number of carbonyl (C=O) groups is 3. The molecule has 0 N–H and O–H groups in total. The van der Waals surface area contributed by atoms with Crippen molar-refractivity contribution in [3.63, 3.8) is 0 Å². The Kier molecular flexibility index (Phi) is 6.23. The number of benzene rings is 1. The molecule has 1 aliphatic rings. The van der Waals surface area contributed by atoms with E-state index in [4.69, 9.17) is 37.4 Å². The van der Waals surface area contributed by atoms with Crippen molar-refractivity contribution in [3.05, 3.63) is 46.0 Å². The maximum atomic E-state index is 12.3. The second-order valence-electron chi connectivity index (χ2n) is 4.81. The van der Waals surface area contributed by atoms with Gasteiger partial charge in [-0.15, -0.1) is 0 Å². The van der Waals surface area contributed by atoms with Crippen LogP contribution in [0.5, 0.6) is 0 Å². The van der Waals surface area contributed by atoms with Crippen LogP contribution in [0.3, 0.4) is 0 Å². The Hall–Kier alpha value is -2.05. The Labute approximate surface area is 148 Å². The SMILES string of the molecule is CCOC(=O)C(C(=O)OCc1ccccc1)C1OC(=O)C(Cl)=C1Cl. The molecule has 2 unspecified atom stereocenters. The first-order chi connectivity index (χ1) is 11.5. The summed E-state index contributed by atoms with van der Waals surface area (Å²) < 4.78 is 14.9. The molecule has 0 fully saturated rings. The highest BCUT2D eigenvalue weighted by atomic mass is 35.5. The van der Waals surface area contributed by atoms with Crippen LogP contribution in [-0.2, 0) is 35.2 Å². The van der Waals surface area contributed by atoms with Crippen LogP contribution in [-0.4, -0.2) is 30.6 Å². The Bertz CT molecular complexity index is 670. The second kappa shape index (κ2) is 8.17. The molecule has 2 rings (SSSR count). The van der Waals surface area contributed by atoms with Gasteiger partial charge in [-0.2, -0.15) is 0 Å². The third kappa shape index (κ3) is 4.07. The van der Waals surface area contributed by atoms with Gasteiger partial charge >= 0.3 is 17.9 Å². The van der Waals surface area contributed by atoms with E-state index in [9.17, 15) is 14.4 Å². The summed E-state index contributed by atoms with van der Waals surface area (Å²) in [5.74, 6) is -4.27. The minimum Gasteiger partial charge on any atom is -0.465 e. The van der Waals surface area contributed by atoms with Gasteiger partial charge in [0.2, 0.25) is 0 Å². The summed E-state index contributed by atoms with van der Waals surface area (Å²) in [6, 6.07) is 8.89. The number of carbonyl (C=O) groups excluding carboxylic acids is 3. The van der Waals surface area contributed by atoms with Gasteiger partial charge in [-0.05, 0) is 12.5 Å². The largest absolute Gasteiger partial charge is 0.465 e. The monoisotopic (exact) mass is 372 g/mol. The van der Waals surface area contributed by atoms with Gasteiger partial charge in [0.05, 0.1) is 11.6 Å². The van der Waals surface area contributed by atoms with E-state index < -0.39 is 29.9 Å². The zero-order valence-corrected chi connectivity index (χ0v) is 14.2. The Morgan fingerprint density at radius 1 is 1.17 bits per heavy atom. The van der Waals surface area contributed by atoms with E-state index in [0.717, 1.165) is 5.56 Å². The predicted molar refractivity (Wildman–Crippen MR) is 85.0 cm³/mol. The molecule has 0 spiro atoms. The van der Waals surface area contributed by atoms with E-state index in [1.807, 2.05) is 6.07 Å². The third-order valence-electron chi connectivity index (χ3n) is 3.19. The van der Waals surface area contributed by atoms with Crippen molar-refractivity contribution in [2.45, 2.75) is 19.6 Å². The van der Waals surface area contributed by atoms with Crippen molar-refractivity contribution in [2.24, 2.45) is 5.92 Å². The Morgan fingerprint density at radius 2 is 1.79 bits per heavy atom. The first-order valence-electron chi connectivity index (χ1n) is 7.09. The second-order valence-corrected chi connectivity index (χ2v) is 5.60. The first-order valence-corrected chi connectivity index (χ1v) is 7.84. The van der Waals surface area contributed by atoms with Crippen LogP contribution in [0.25, 0.3) is 0 Å². The van der Waals surface area contributed by atoms with Crippen LogP contribution in [0.4, 0.5) is 0 Å². The van der Waals surface area contributed by atoms with Crippen LogP contribution in [0.1, 0.15) is 12.5 Å². The number of cyclic esters (lactones) is 1. The molecule has 1 heterocycles. The molecule has 0 saturated heterocycles. The van der Waals surface area contributed by atoms with Gasteiger partial charge in [0.1, 0.15) is 11.6 Å². The van der Waals surface area contributed by atoms with E-state index >= 15 is 0 Å². The number of rotatable bonds is 6. The zero-order valence-electron chi connectivity index (χ0n) is 12.7. The molecule has 0 saturated carbocycles. The van der Waals surface area contributed by atoms with Crippen molar-refractivity contribution in [1.29, 1.82) is 0 Å². The van der Waals surface area contributed by atoms with Gasteiger partial charge in [-0.3, -0.25) is 9.59 Å². The molecular weight excluding hydrogens is 359 g/mol. The summed E-state index contributed by atoms with van der Waals surface area (Å²) in [5.41, 5.74) is 0.733. The maximum Gasteiger partial charge on any atom is 0.351 e. The van der Waals surface area contributed by atoms with E-state index in [1.54, 1.807) is 31.2 Å². The number of esters is 3. The molecule has 2 atom stereocenters. The molecule has 1 aliphatic heterocycles. The van der Waals surface area contributed by atoms with E-state index in [1.165, 1.54) is 0 Å². The lowest BCUT2D eigenvalue weighted by molar-refractivity contribution is -0.169. The summed E-state index contributed by atoms with van der Waals surface area (Å²) in [5, 5.41) is -0.594. The summed E-state index contributed by atoms with van der Waals surface area (Å²) in [6.45, 7) is 1.57. The highest BCUT2D eigenvalue weighted by molar-refractivity contribution is 6.48. The molecule has 1 aromatic carbocycles. The molecule has 8 heteroatoms. The number of hydrogen-bond acceptors (Lipinski definition) is 6. The van der Waals surface area contributed by atoms with Crippen molar-refractivity contribution in [3.8, 4) is 0 Å². The van der Waals surface area contributed by atoms with Crippen molar-refractivity contribution < 1.29 is 28.6 Å².